The number of ether oxygens (including phenoxy) is 4. The Kier molecular flexibility index (Phi) is 5.49. The lowest BCUT2D eigenvalue weighted by molar-refractivity contribution is -0.153. The molecule has 0 saturated carbocycles. The minimum absolute atomic E-state index is 0.256. The number of rotatable bonds is 5. The van der Waals surface area contributed by atoms with E-state index >= 15 is 0 Å². The van der Waals surface area contributed by atoms with Gasteiger partial charge in [0.2, 0.25) is 5.75 Å². The van der Waals surface area contributed by atoms with E-state index in [4.69, 9.17) is 18.9 Å². The molecule has 1 aromatic carbocycles. The number of nitrogens with zero attached hydrogens (tertiary/aromatic N) is 1. The molecule has 0 bridgehead atoms. The third-order valence-corrected chi connectivity index (χ3v) is 4.03. The van der Waals surface area contributed by atoms with Gasteiger partial charge < -0.3 is 24.3 Å². The van der Waals surface area contributed by atoms with Crippen LogP contribution in [-0.2, 0) is 14.3 Å². The van der Waals surface area contributed by atoms with E-state index in [-0.39, 0.29) is 6.54 Å². The van der Waals surface area contributed by atoms with Gasteiger partial charge in [0.1, 0.15) is 13.2 Å². The number of methoxy groups -OCH3 is 1. The van der Waals surface area contributed by atoms with Gasteiger partial charge in [0.25, 0.3) is 5.91 Å². The van der Waals surface area contributed by atoms with Gasteiger partial charge in [0.15, 0.2) is 17.6 Å². The predicted molar refractivity (Wildman–Crippen MR) is 93.7 cm³/mol. The maximum atomic E-state index is 12.1. The van der Waals surface area contributed by atoms with Gasteiger partial charge in [-0.2, -0.15) is 0 Å². The number of fused-ring (bicyclic) bond motifs is 1. The fourth-order valence-electron chi connectivity index (χ4n) is 2.72. The van der Waals surface area contributed by atoms with Crippen LogP contribution >= 0.6 is 0 Å². The zero-order valence-electron chi connectivity index (χ0n) is 15.0. The number of carbonyl (C=O) groups excluding carboxylic acids is 3. The fourth-order valence-corrected chi connectivity index (χ4v) is 2.72. The molecular formula is C18H20N2O7. The van der Waals surface area contributed by atoms with E-state index in [1.165, 1.54) is 26.2 Å². The van der Waals surface area contributed by atoms with Crippen LogP contribution < -0.4 is 19.5 Å². The number of imide groups is 1. The lowest BCUT2D eigenvalue weighted by Gasteiger charge is -2.21. The molecular weight excluding hydrogens is 356 g/mol. The van der Waals surface area contributed by atoms with Crippen LogP contribution in [0.5, 0.6) is 17.2 Å². The second-order valence-electron chi connectivity index (χ2n) is 5.88. The summed E-state index contributed by atoms with van der Waals surface area (Å²) in [6, 6.07) is 2.92. The van der Waals surface area contributed by atoms with Crippen molar-refractivity contribution in [2.24, 2.45) is 0 Å². The van der Waals surface area contributed by atoms with Gasteiger partial charge in [0.05, 0.1) is 7.11 Å². The second kappa shape index (κ2) is 7.98. The number of urea groups is 1. The highest BCUT2D eigenvalue weighted by Crippen LogP contribution is 2.40. The Bertz CT molecular complexity index is 773. The Morgan fingerprint density at radius 3 is 2.78 bits per heavy atom. The average Bonchev–Trinajstić information content (AvgIpc) is 3.10. The minimum atomic E-state index is -1.07. The number of esters is 1. The normalized spacial score (nSPS) is 16.8. The molecule has 144 valence electrons. The van der Waals surface area contributed by atoms with Crippen molar-refractivity contribution in [2.75, 3.05) is 33.4 Å². The monoisotopic (exact) mass is 376 g/mol. The van der Waals surface area contributed by atoms with Crippen LogP contribution in [-0.4, -0.2) is 62.3 Å². The van der Waals surface area contributed by atoms with Crippen LogP contribution in [0.4, 0.5) is 4.79 Å². The molecule has 1 saturated heterocycles. The van der Waals surface area contributed by atoms with Crippen molar-refractivity contribution in [2.45, 2.75) is 13.0 Å². The van der Waals surface area contributed by atoms with Gasteiger partial charge in [-0.25, -0.2) is 9.59 Å². The summed E-state index contributed by atoms with van der Waals surface area (Å²) < 4.78 is 21.4. The number of hydrogen-bond donors (Lipinski definition) is 1. The summed E-state index contributed by atoms with van der Waals surface area (Å²) in [6.07, 6.45) is 1.64. The highest BCUT2D eigenvalue weighted by molar-refractivity contribution is 5.99. The van der Waals surface area contributed by atoms with Gasteiger partial charge in [-0.3, -0.25) is 9.69 Å². The largest absolute Gasteiger partial charge is 0.493 e. The van der Waals surface area contributed by atoms with Crippen LogP contribution in [0, 0.1) is 0 Å². The molecule has 9 nitrogen and oxygen atoms in total. The summed E-state index contributed by atoms with van der Waals surface area (Å²) in [5.74, 6) is 0.268. The number of benzene rings is 1. The molecule has 1 aromatic rings. The molecule has 1 fully saturated rings. The van der Waals surface area contributed by atoms with E-state index in [0.29, 0.717) is 42.6 Å². The second-order valence-corrected chi connectivity index (χ2v) is 5.88. The quantitative estimate of drug-likeness (QED) is 0.603. The first kappa shape index (κ1) is 18.6. The van der Waals surface area contributed by atoms with E-state index in [2.05, 4.69) is 5.32 Å². The maximum Gasteiger partial charge on any atom is 0.331 e. The average molecular weight is 376 g/mol. The molecule has 0 radical (unpaired) electrons. The van der Waals surface area contributed by atoms with Crippen molar-refractivity contribution in [1.82, 2.24) is 10.2 Å². The van der Waals surface area contributed by atoms with E-state index in [1.807, 2.05) is 0 Å². The highest BCUT2D eigenvalue weighted by Gasteiger charge is 2.31. The number of amides is 3. The number of hydrogen-bond acceptors (Lipinski definition) is 7. The molecule has 0 aromatic heterocycles. The van der Waals surface area contributed by atoms with Crippen molar-refractivity contribution in [3.8, 4) is 17.2 Å². The zero-order valence-corrected chi connectivity index (χ0v) is 15.0. The van der Waals surface area contributed by atoms with E-state index < -0.39 is 24.0 Å². The molecule has 1 N–H and O–H groups in total. The van der Waals surface area contributed by atoms with E-state index in [0.717, 1.165) is 4.90 Å². The van der Waals surface area contributed by atoms with Crippen LogP contribution in [0.3, 0.4) is 0 Å². The highest BCUT2D eigenvalue weighted by atomic mass is 16.6. The molecule has 3 rings (SSSR count). The first-order valence-corrected chi connectivity index (χ1v) is 8.45. The topological polar surface area (TPSA) is 103 Å². The predicted octanol–water partition coefficient (Wildman–Crippen LogP) is 0.963. The summed E-state index contributed by atoms with van der Waals surface area (Å²) in [4.78, 5) is 36.7. The van der Waals surface area contributed by atoms with E-state index in [1.54, 1.807) is 12.1 Å². The van der Waals surface area contributed by atoms with Crippen LogP contribution in [0.1, 0.15) is 12.5 Å². The summed E-state index contributed by atoms with van der Waals surface area (Å²) in [5, 5.41) is 2.52. The Balaban J connectivity index is 1.64. The van der Waals surface area contributed by atoms with Crippen LogP contribution in [0.2, 0.25) is 0 Å². The van der Waals surface area contributed by atoms with Crippen LogP contribution in [0.15, 0.2) is 18.2 Å². The molecule has 2 aliphatic rings. The standard InChI is InChI=1S/C18H20N2O7/c1-11(17(22)20-6-5-19-18(20)23)27-15(21)4-3-12-9-13(24-2)16-14(10-12)25-7-8-26-16/h3-4,9-11H,5-8H2,1-2H3,(H,19,23)/b4-3+/t11-/m0/s1. The Labute approximate surface area is 155 Å². The van der Waals surface area contributed by atoms with Gasteiger partial charge in [0, 0.05) is 19.2 Å². The van der Waals surface area contributed by atoms with Crippen molar-refractivity contribution < 1.29 is 33.3 Å². The lowest BCUT2D eigenvalue weighted by Crippen LogP contribution is -2.41. The summed E-state index contributed by atoms with van der Waals surface area (Å²) in [7, 11) is 1.51. The van der Waals surface area contributed by atoms with Gasteiger partial charge >= 0.3 is 12.0 Å². The summed E-state index contributed by atoms with van der Waals surface area (Å²) in [6.45, 7) is 2.93. The zero-order chi connectivity index (χ0) is 19.4. The molecule has 3 amide bonds. The van der Waals surface area contributed by atoms with Crippen molar-refractivity contribution in [3.05, 3.63) is 23.8 Å². The third-order valence-electron chi connectivity index (χ3n) is 4.03. The van der Waals surface area contributed by atoms with Gasteiger partial charge in [-0.05, 0) is 30.7 Å². The molecule has 0 aliphatic carbocycles. The molecule has 2 heterocycles. The fraction of sp³-hybridized carbons (Fsp3) is 0.389. The first-order valence-electron chi connectivity index (χ1n) is 8.45. The molecule has 2 aliphatic heterocycles. The van der Waals surface area contributed by atoms with E-state index in [9.17, 15) is 14.4 Å². The smallest absolute Gasteiger partial charge is 0.331 e. The summed E-state index contributed by atoms with van der Waals surface area (Å²) >= 11 is 0. The third kappa shape index (κ3) is 4.13. The SMILES string of the molecule is COc1cc(/C=C/C(=O)O[C@@H](C)C(=O)N2CCNC2=O)cc2c1OCCO2. The lowest BCUT2D eigenvalue weighted by atomic mass is 10.1. The van der Waals surface area contributed by atoms with Crippen LogP contribution in [0.25, 0.3) is 6.08 Å². The first-order chi connectivity index (χ1) is 13.0. The molecule has 27 heavy (non-hydrogen) atoms. The van der Waals surface area contributed by atoms with Crippen molar-refractivity contribution in [3.63, 3.8) is 0 Å². The molecule has 0 spiro atoms. The van der Waals surface area contributed by atoms with Gasteiger partial charge in [-0.1, -0.05) is 0 Å². The van der Waals surface area contributed by atoms with Gasteiger partial charge in [-0.15, -0.1) is 0 Å². The Morgan fingerprint density at radius 2 is 2.07 bits per heavy atom. The molecule has 0 unspecified atom stereocenters. The van der Waals surface area contributed by atoms with Crippen molar-refractivity contribution >= 4 is 24.0 Å². The number of nitrogens with one attached hydrogen (secondary N) is 1. The summed E-state index contributed by atoms with van der Waals surface area (Å²) in [5.41, 5.74) is 0.644. The Hall–Kier alpha value is -3.23. The van der Waals surface area contributed by atoms with Crippen molar-refractivity contribution in [1.29, 1.82) is 0 Å². The molecule has 1 atom stereocenters. The number of carbonyl (C=O) groups is 3. The Morgan fingerprint density at radius 1 is 1.30 bits per heavy atom. The maximum absolute atomic E-state index is 12.1. The molecule has 9 heteroatoms. The minimum Gasteiger partial charge on any atom is -0.493 e.